The van der Waals surface area contributed by atoms with E-state index in [1.807, 2.05) is 0 Å². The predicted molar refractivity (Wildman–Crippen MR) is 56.3 cm³/mol. The largest absolute Gasteiger partial charge is 0.477 e. The molecule has 88 valence electrons. The Morgan fingerprint density at radius 1 is 1.31 bits per heavy atom. The highest BCUT2D eigenvalue weighted by Crippen LogP contribution is 2.37. The molecule has 0 fully saturated rings. The Labute approximate surface area is 98.8 Å². The van der Waals surface area contributed by atoms with E-state index in [-0.39, 0.29) is 5.56 Å². The Hall–Kier alpha value is -1.01. The van der Waals surface area contributed by atoms with Gasteiger partial charge in [-0.3, -0.25) is 0 Å². The molecule has 0 heterocycles. The molecule has 2 N–H and O–H groups in total. The third kappa shape index (κ3) is 2.08. The van der Waals surface area contributed by atoms with Crippen molar-refractivity contribution in [2.45, 2.75) is 18.4 Å². The summed E-state index contributed by atoms with van der Waals surface area (Å²) in [5.74, 6) is -6.61. The van der Waals surface area contributed by atoms with Crippen LogP contribution in [0.4, 0.5) is 8.78 Å². The van der Waals surface area contributed by atoms with Crippen LogP contribution in [-0.2, 0) is 10.4 Å². The van der Waals surface area contributed by atoms with Gasteiger partial charge in [0.2, 0.25) is 0 Å². The second kappa shape index (κ2) is 4.10. The quantitative estimate of drug-likeness (QED) is 0.900. The third-order valence-corrected chi connectivity index (χ3v) is 2.81. The molecular weight excluding hydrogens is 286 g/mol. The number of carboxylic acids is 1. The molecule has 0 amide bonds. The van der Waals surface area contributed by atoms with Crippen molar-refractivity contribution in [3.05, 3.63) is 34.3 Å². The summed E-state index contributed by atoms with van der Waals surface area (Å²) >= 11 is 3.11. The zero-order valence-electron chi connectivity index (χ0n) is 8.25. The lowest BCUT2D eigenvalue weighted by atomic mass is 9.89. The lowest BCUT2D eigenvalue weighted by molar-refractivity contribution is -0.207. The van der Waals surface area contributed by atoms with E-state index in [4.69, 9.17) is 5.11 Å². The molecule has 1 aromatic carbocycles. The maximum absolute atomic E-state index is 13.2. The lowest BCUT2D eigenvalue weighted by Gasteiger charge is -2.29. The van der Waals surface area contributed by atoms with E-state index in [0.29, 0.717) is 4.47 Å². The molecule has 0 radical (unpaired) electrons. The molecule has 0 saturated heterocycles. The van der Waals surface area contributed by atoms with Crippen LogP contribution in [0.15, 0.2) is 28.7 Å². The number of hydrogen-bond acceptors (Lipinski definition) is 2. The topological polar surface area (TPSA) is 57.5 Å². The van der Waals surface area contributed by atoms with Gasteiger partial charge in [-0.05, 0) is 24.6 Å². The molecule has 0 spiro atoms. The minimum atomic E-state index is -4.25. The van der Waals surface area contributed by atoms with Crippen molar-refractivity contribution in [1.82, 2.24) is 0 Å². The van der Waals surface area contributed by atoms with Crippen LogP contribution in [0.2, 0.25) is 0 Å². The van der Waals surface area contributed by atoms with Crippen LogP contribution in [0, 0.1) is 0 Å². The number of aliphatic carboxylic acids is 1. The summed E-state index contributed by atoms with van der Waals surface area (Å²) < 4.78 is 27.1. The molecule has 1 aromatic rings. The van der Waals surface area contributed by atoms with Gasteiger partial charge in [0.05, 0.1) is 0 Å². The molecule has 0 saturated carbocycles. The summed E-state index contributed by atoms with van der Waals surface area (Å²) in [6.07, 6.45) is 0. The van der Waals surface area contributed by atoms with Gasteiger partial charge < -0.3 is 10.2 Å². The highest BCUT2D eigenvalue weighted by Gasteiger charge is 2.56. The second-order valence-corrected chi connectivity index (χ2v) is 4.37. The first kappa shape index (κ1) is 13.1. The summed E-state index contributed by atoms with van der Waals surface area (Å²) in [7, 11) is 0. The van der Waals surface area contributed by atoms with Crippen LogP contribution >= 0.6 is 15.9 Å². The van der Waals surface area contributed by atoms with E-state index in [1.54, 1.807) is 0 Å². The highest BCUT2D eigenvalue weighted by molar-refractivity contribution is 9.10. The van der Waals surface area contributed by atoms with E-state index in [1.165, 1.54) is 24.3 Å². The van der Waals surface area contributed by atoms with Crippen molar-refractivity contribution in [1.29, 1.82) is 0 Å². The van der Waals surface area contributed by atoms with Crippen molar-refractivity contribution in [2.75, 3.05) is 0 Å². The number of carbonyl (C=O) groups is 1. The Bertz CT molecular complexity index is 401. The van der Waals surface area contributed by atoms with Crippen LogP contribution in [0.3, 0.4) is 0 Å². The molecule has 16 heavy (non-hydrogen) atoms. The van der Waals surface area contributed by atoms with E-state index in [0.717, 1.165) is 6.92 Å². The molecule has 1 rings (SSSR count). The van der Waals surface area contributed by atoms with Crippen LogP contribution in [-0.4, -0.2) is 22.1 Å². The number of hydrogen-bond donors (Lipinski definition) is 2. The van der Waals surface area contributed by atoms with Crippen molar-refractivity contribution in [3.63, 3.8) is 0 Å². The number of halogens is 3. The van der Waals surface area contributed by atoms with Crippen LogP contribution in [0.1, 0.15) is 12.5 Å². The van der Waals surface area contributed by atoms with E-state index in [9.17, 15) is 18.7 Å². The number of aliphatic hydroxyl groups is 1. The van der Waals surface area contributed by atoms with Gasteiger partial charge in [0.1, 0.15) is 0 Å². The summed E-state index contributed by atoms with van der Waals surface area (Å²) in [6, 6.07) is 5.37. The first-order chi connectivity index (χ1) is 7.19. The maximum atomic E-state index is 13.2. The van der Waals surface area contributed by atoms with Gasteiger partial charge in [0.25, 0.3) is 0 Å². The van der Waals surface area contributed by atoms with E-state index >= 15 is 0 Å². The molecule has 1 atom stereocenters. The molecule has 0 aliphatic rings. The first-order valence-corrected chi connectivity index (χ1v) is 5.08. The summed E-state index contributed by atoms with van der Waals surface area (Å²) in [5.41, 5.74) is -2.91. The first-order valence-electron chi connectivity index (χ1n) is 4.29. The molecule has 0 bridgehead atoms. The van der Waals surface area contributed by atoms with Crippen molar-refractivity contribution in [2.24, 2.45) is 0 Å². The van der Waals surface area contributed by atoms with Gasteiger partial charge in [0, 0.05) is 4.47 Å². The number of rotatable bonds is 3. The van der Waals surface area contributed by atoms with Crippen molar-refractivity contribution in [3.8, 4) is 0 Å². The molecule has 0 aliphatic heterocycles. The number of carboxylic acid groups (broad SMARTS) is 1. The normalized spacial score (nSPS) is 15.6. The monoisotopic (exact) mass is 294 g/mol. The van der Waals surface area contributed by atoms with Crippen LogP contribution in [0.5, 0.6) is 0 Å². The van der Waals surface area contributed by atoms with Crippen molar-refractivity contribution >= 4 is 21.9 Å². The summed E-state index contributed by atoms with van der Waals surface area (Å²) in [4.78, 5) is 10.4. The summed E-state index contributed by atoms with van der Waals surface area (Å²) in [6.45, 7) is 0.768. The average Bonchev–Trinajstić information content (AvgIpc) is 2.17. The highest BCUT2D eigenvalue weighted by atomic mass is 79.9. The van der Waals surface area contributed by atoms with Gasteiger partial charge in [0.15, 0.2) is 5.60 Å². The SMILES string of the molecule is CC(O)(c1ccc(Br)cc1)C(F)(F)C(=O)O. The Kier molecular flexibility index (Phi) is 3.35. The van der Waals surface area contributed by atoms with E-state index < -0.39 is 17.5 Å². The number of alkyl halides is 2. The number of benzene rings is 1. The standard InChI is InChI=1S/C10H9BrF2O3/c1-9(16,10(12,13)8(14)15)6-2-4-7(11)5-3-6/h2-5,16H,1H3,(H,14,15). The van der Waals surface area contributed by atoms with Gasteiger partial charge in [-0.1, -0.05) is 28.1 Å². The Morgan fingerprint density at radius 3 is 2.12 bits per heavy atom. The summed E-state index contributed by atoms with van der Waals surface area (Å²) in [5, 5.41) is 18.0. The molecule has 0 aliphatic carbocycles. The smallest absolute Gasteiger partial charge is 0.378 e. The molecule has 6 heteroatoms. The Balaban J connectivity index is 3.20. The van der Waals surface area contributed by atoms with Gasteiger partial charge in [-0.2, -0.15) is 8.78 Å². The van der Waals surface area contributed by atoms with Gasteiger partial charge in [-0.25, -0.2) is 4.79 Å². The lowest BCUT2D eigenvalue weighted by Crippen LogP contribution is -2.48. The average molecular weight is 295 g/mol. The van der Waals surface area contributed by atoms with Crippen LogP contribution in [0.25, 0.3) is 0 Å². The van der Waals surface area contributed by atoms with E-state index in [2.05, 4.69) is 15.9 Å². The molecule has 3 nitrogen and oxygen atoms in total. The maximum Gasteiger partial charge on any atom is 0.378 e. The predicted octanol–water partition coefficient (Wildman–Crippen LogP) is 2.38. The Morgan fingerprint density at radius 2 is 1.75 bits per heavy atom. The fourth-order valence-corrected chi connectivity index (χ4v) is 1.43. The second-order valence-electron chi connectivity index (χ2n) is 3.46. The zero-order valence-corrected chi connectivity index (χ0v) is 9.83. The zero-order chi connectivity index (χ0) is 12.6. The molecule has 1 unspecified atom stereocenters. The van der Waals surface area contributed by atoms with Gasteiger partial charge in [-0.15, -0.1) is 0 Å². The molecular formula is C10H9BrF2O3. The fraction of sp³-hybridized carbons (Fsp3) is 0.300. The van der Waals surface area contributed by atoms with Crippen LogP contribution < -0.4 is 0 Å². The third-order valence-electron chi connectivity index (χ3n) is 2.29. The minimum Gasteiger partial charge on any atom is -0.477 e. The fourth-order valence-electron chi connectivity index (χ4n) is 1.16. The van der Waals surface area contributed by atoms with Crippen molar-refractivity contribution < 1.29 is 23.8 Å². The molecule has 0 aromatic heterocycles. The van der Waals surface area contributed by atoms with Gasteiger partial charge >= 0.3 is 11.9 Å². The minimum absolute atomic E-state index is 0.164.